The number of pyridine rings is 1. The van der Waals surface area contributed by atoms with Crippen LogP contribution in [0, 0.1) is 0 Å². The molecule has 0 unspecified atom stereocenters. The topological polar surface area (TPSA) is 50.2 Å². The Morgan fingerprint density at radius 1 is 1.67 bits per heavy atom. The molecule has 0 atom stereocenters. The summed E-state index contributed by atoms with van der Waals surface area (Å²) in [5.74, 6) is -0.230. The van der Waals surface area contributed by atoms with E-state index in [2.05, 4.69) is 4.98 Å². The molecule has 0 aliphatic carbocycles. The largest absolute Gasteiger partial charge is 0.512 e. The van der Waals surface area contributed by atoms with Crippen molar-refractivity contribution in [1.82, 2.24) is 4.98 Å². The third kappa shape index (κ3) is 2.20. The number of carbonyl (C=O) groups excluding carboxylic acids is 1. The van der Waals surface area contributed by atoms with Gasteiger partial charge in [0, 0.05) is 24.0 Å². The number of aromatic nitrogens is 1. The highest BCUT2D eigenvalue weighted by molar-refractivity contribution is 6.04. The van der Waals surface area contributed by atoms with Gasteiger partial charge in [0.2, 0.25) is 0 Å². The van der Waals surface area contributed by atoms with Crippen LogP contribution in [-0.2, 0) is 0 Å². The Kier molecular flexibility index (Phi) is 2.58. The smallest absolute Gasteiger partial charge is 0.190 e. The van der Waals surface area contributed by atoms with Gasteiger partial charge >= 0.3 is 0 Å². The van der Waals surface area contributed by atoms with Crippen LogP contribution in [0.4, 0.5) is 0 Å². The van der Waals surface area contributed by atoms with Gasteiger partial charge in [0.15, 0.2) is 5.78 Å². The Morgan fingerprint density at radius 3 is 2.92 bits per heavy atom. The van der Waals surface area contributed by atoms with Crippen LogP contribution in [-0.4, -0.2) is 15.9 Å². The van der Waals surface area contributed by atoms with Gasteiger partial charge < -0.3 is 5.11 Å². The molecule has 0 saturated heterocycles. The fourth-order valence-corrected chi connectivity index (χ4v) is 0.782. The lowest BCUT2D eigenvalue weighted by atomic mass is 10.2. The van der Waals surface area contributed by atoms with Crippen molar-refractivity contribution in [2.75, 3.05) is 0 Å². The van der Waals surface area contributed by atoms with Crippen LogP contribution in [0.2, 0.25) is 0 Å². The number of allylic oxidation sites excluding steroid dienone is 2. The highest BCUT2D eigenvalue weighted by Gasteiger charge is 2.00. The summed E-state index contributed by atoms with van der Waals surface area (Å²) in [6.45, 7) is 1.45. The van der Waals surface area contributed by atoms with Crippen LogP contribution in [0.15, 0.2) is 36.4 Å². The minimum Gasteiger partial charge on any atom is -0.512 e. The summed E-state index contributed by atoms with van der Waals surface area (Å²) in [4.78, 5) is 15.0. The highest BCUT2D eigenvalue weighted by Crippen LogP contribution is 1.99. The van der Waals surface area contributed by atoms with Crippen molar-refractivity contribution in [3.05, 3.63) is 41.9 Å². The molecular formula is C9H9NO2. The van der Waals surface area contributed by atoms with E-state index in [1.54, 1.807) is 18.3 Å². The molecule has 0 radical (unpaired) electrons. The minimum absolute atomic E-state index is 0.00357. The summed E-state index contributed by atoms with van der Waals surface area (Å²) in [5.41, 5.74) is 0.478. The molecule has 12 heavy (non-hydrogen) atoms. The number of ketones is 1. The minimum atomic E-state index is -0.233. The van der Waals surface area contributed by atoms with Gasteiger partial charge in [0.25, 0.3) is 0 Å². The van der Waals surface area contributed by atoms with Crippen molar-refractivity contribution >= 4 is 5.78 Å². The van der Waals surface area contributed by atoms with Crippen LogP contribution in [0.1, 0.15) is 17.3 Å². The maximum atomic E-state index is 11.2. The maximum Gasteiger partial charge on any atom is 0.190 e. The Balaban J connectivity index is 2.87. The van der Waals surface area contributed by atoms with Gasteiger partial charge in [0.1, 0.15) is 0 Å². The number of aliphatic hydroxyl groups excluding tert-OH is 1. The molecule has 1 N–H and O–H groups in total. The fraction of sp³-hybridized carbons (Fsp3) is 0.111. The van der Waals surface area contributed by atoms with Gasteiger partial charge in [-0.2, -0.15) is 0 Å². The zero-order chi connectivity index (χ0) is 8.97. The molecule has 0 amide bonds. The third-order valence-electron chi connectivity index (χ3n) is 1.29. The second-order valence-corrected chi connectivity index (χ2v) is 2.39. The quantitative estimate of drug-likeness (QED) is 0.410. The third-order valence-corrected chi connectivity index (χ3v) is 1.29. The summed E-state index contributed by atoms with van der Waals surface area (Å²) < 4.78 is 0. The number of hydrogen-bond donors (Lipinski definition) is 1. The second-order valence-electron chi connectivity index (χ2n) is 2.39. The van der Waals surface area contributed by atoms with Gasteiger partial charge in [-0.3, -0.25) is 9.78 Å². The average molecular weight is 163 g/mol. The summed E-state index contributed by atoms with van der Waals surface area (Å²) >= 11 is 0. The van der Waals surface area contributed by atoms with Crippen LogP contribution in [0.5, 0.6) is 0 Å². The van der Waals surface area contributed by atoms with Gasteiger partial charge in [-0.1, -0.05) is 0 Å². The standard InChI is InChI=1S/C9H9NO2/c1-7(11)5-9(12)8-3-2-4-10-6-8/h2-6,11H,1H3/b7-5+. The lowest BCUT2D eigenvalue weighted by Crippen LogP contribution is -1.95. The van der Waals surface area contributed by atoms with Crippen molar-refractivity contribution in [3.63, 3.8) is 0 Å². The molecule has 62 valence electrons. The summed E-state index contributed by atoms with van der Waals surface area (Å²) in [5, 5.41) is 8.80. The summed E-state index contributed by atoms with van der Waals surface area (Å²) in [6.07, 6.45) is 4.21. The number of hydrogen-bond acceptors (Lipinski definition) is 3. The summed E-state index contributed by atoms with van der Waals surface area (Å²) in [6, 6.07) is 3.32. The first kappa shape index (κ1) is 8.46. The Bertz CT molecular complexity index is 300. The van der Waals surface area contributed by atoms with E-state index < -0.39 is 0 Å². The molecule has 3 heteroatoms. The van der Waals surface area contributed by atoms with Crippen molar-refractivity contribution in [3.8, 4) is 0 Å². The van der Waals surface area contributed by atoms with E-state index in [1.165, 1.54) is 13.1 Å². The Morgan fingerprint density at radius 2 is 2.42 bits per heavy atom. The molecule has 0 spiro atoms. The molecule has 1 aromatic rings. The normalized spacial score (nSPS) is 11.2. The van der Waals surface area contributed by atoms with Gasteiger partial charge in [0.05, 0.1) is 5.76 Å². The molecule has 1 heterocycles. The molecule has 1 rings (SSSR count). The molecule has 0 bridgehead atoms. The highest BCUT2D eigenvalue weighted by atomic mass is 16.3. The van der Waals surface area contributed by atoms with E-state index in [1.807, 2.05) is 0 Å². The fourth-order valence-electron chi connectivity index (χ4n) is 0.782. The Labute approximate surface area is 70.4 Å². The zero-order valence-corrected chi connectivity index (χ0v) is 6.69. The number of carbonyl (C=O) groups is 1. The van der Waals surface area contributed by atoms with Crippen molar-refractivity contribution < 1.29 is 9.90 Å². The molecule has 0 saturated carbocycles. The molecule has 0 aliphatic heterocycles. The number of nitrogens with zero attached hydrogens (tertiary/aromatic N) is 1. The van der Waals surface area contributed by atoms with Gasteiger partial charge in [-0.15, -0.1) is 0 Å². The van der Waals surface area contributed by atoms with Gasteiger partial charge in [-0.25, -0.2) is 0 Å². The predicted molar refractivity (Wildman–Crippen MR) is 45.0 cm³/mol. The van der Waals surface area contributed by atoms with Gasteiger partial charge in [-0.05, 0) is 19.1 Å². The molecule has 0 aromatic carbocycles. The molecule has 1 aromatic heterocycles. The average Bonchev–Trinajstić information content (AvgIpc) is 2.05. The van der Waals surface area contributed by atoms with E-state index in [0.717, 1.165) is 6.08 Å². The first-order valence-electron chi connectivity index (χ1n) is 3.52. The zero-order valence-electron chi connectivity index (χ0n) is 6.69. The van der Waals surface area contributed by atoms with Crippen LogP contribution in [0.3, 0.4) is 0 Å². The number of aliphatic hydroxyl groups is 1. The maximum absolute atomic E-state index is 11.2. The van der Waals surface area contributed by atoms with Crippen LogP contribution < -0.4 is 0 Å². The molecule has 0 aliphatic rings. The van der Waals surface area contributed by atoms with E-state index in [4.69, 9.17) is 5.11 Å². The van der Waals surface area contributed by atoms with Crippen molar-refractivity contribution in [1.29, 1.82) is 0 Å². The monoisotopic (exact) mass is 163 g/mol. The van der Waals surface area contributed by atoms with Crippen molar-refractivity contribution in [2.45, 2.75) is 6.92 Å². The first-order chi connectivity index (χ1) is 5.70. The summed E-state index contributed by atoms with van der Waals surface area (Å²) in [7, 11) is 0. The second kappa shape index (κ2) is 3.67. The first-order valence-corrected chi connectivity index (χ1v) is 3.52. The lowest BCUT2D eigenvalue weighted by molar-refractivity contribution is 0.104. The van der Waals surface area contributed by atoms with E-state index >= 15 is 0 Å². The molecule has 0 fully saturated rings. The van der Waals surface area contributed by atoms with Crippen molar-refractivity contribution in [2.24, 2.45) is 0 Å². The Hall–Kier alpha value is -1.64. The van der Waals surface area contributed by atoms with E-state index in [-0.39, 0.29) is 11.5 Å². The lowest BCUT2D eigenvalue weighted by Gasteiger charge is -1.93. The number of rotatable bonds is 2. The van der Waals surface area contributed by atoms with Crippen LogP contribution in [0.25, 0.3) is 0 Å². The van der Waals surface area contributed by atoms with E-state index in [9.17, 15) is 4.79 Å². The van der Waals surface area contributed by atoms with E-state index in [0.29, 0.717) is 5.56 Å². The molecule has 3 nitrogen and oxygen atoms in total. The SMILES string of the molecule is C/C(O)=C\C(=O)c1cccnc1. The predicted octanol–water partition coefficient (Wildman–Crippen LogP) is 1.73. The molecular weight excluding hydrogens is 154 g/mol. The van der Waals surface area contributed by atoms with Crippen LogP contribution >= 0.6 is 0 Å².